The van der Waals surface area contributed by atoms with Crippen molar-refractivity contribution in [3.8, 4) is 11.1 Å². The molecule has 2 nitrogen and oxygen atoms in total. The van der Waals surface area contributed by atoms with Gasteiger partial charge in [-0.25, -0.2) is 4.39 Å². The van der Waals surface area contributed by atoms with Crippen molar-refractivity contribution >= 4 is 17.9 Å². The summed E-state index contributed by atoms with van der Waals surface area (Å²) in [7, 11) is 0. The third-order valence-electron chi connectivity index (χ3n) is 2.19. The van der Waals surface area contributed by atoms with Crippen LogP contribution in [0.25, 0.3) is 11.1 Å². The van der Waals surface area contributed by atoms with Crippen LogP contribution >= 0.6 is 11.6 Å². The fourth-order valence-electron chi connectivity index (χ4n) is 1.42. The summed E-state index contributed by atoms with van der Waals surface area (Å²) in [6, 6.07) is 6.25. The molecule has 0 aliphatic carbocycles. The van der Waals surface area contributed by atoms with Gasteiger partial charge in [0.2, 0.25) is 0 Å². The van der Waals surface area contributed by atoms with Crippen molar-refractivity contribution in [1.82, 2.24) is 4.98 Å². The zero-order valence-corrected chi connectivity index (χ0v) is 8.91. The van der Waals surface area contributed by atoms with Crippen LogP contribution in [0.1, 0.15) is 10.4 Å². The number of pyridine rings is 1. The van der Waals surface area contributed by atoms with Crippen LogP contribution < -0.4 is 0 Å². The highest BCUT2D eigenvalue weighted by Gasteiger charge is 2.08. The topological polar surface area (TPSA) is 30.0 Å². The van der Waals surface area contributed by atoms with Gasteiger partial charge in [0.15, 0.2) is 0 Å². The first-order valence-corrected chi connectivity index (χ1v) is 4.95. The number of aromatic nitrogens is 1. The predicted octanol–water partition coefficient (Wildman–Crippen LogP) is 3.35. The SMILES string of the molecule is O=Cc1ccc(-c2ccncc2F)c(Cl)c1. The highest BCUT2D eigenvalue weighted by molar-refractivity contribution is 6.33. The number of rotatable bonds is 2. The van der Waals surface area contributed by atoms with Crippen molar-refractivity contribution in [1.29, 1.82) is 0 Å². The molecule has 80 valence electrons. The summed E-state index contributed by atoms with van der Waals surface area (Å²) in [5.74, 6) is -0.441. The molecule has 2 rings (SSSR count). The van der Waals surface area contributed by atoms with Crippen LogP contribution in [0.15, 0.2) is 36.7 Å². The molecule has 0 radical (unpaired) electrons. The average molecular weight is 236 g/mol. The molecule has 1 aromatic heterocycles. The van der Waals surface area contributed by atoms with Crippen molar-refractivity contribution in [2.45, 2.75) is 0 Å². The molecule has 1 aromatic carbocycles. The van der Waals surface area contributed by atoms with Crippen molar-refractivity contribution in [3.05, 3.63) is 53.1 Å². The Bertz CT molecular complexity index is 542. The van der Waals surface area contributed by atoms with E-state index in [4.69, 9.17) is 11.6 Å². The van der Waals surface area contributed by atoms with Gasteiger partial charge in [-0.15, -0.1) is 0 Å². The Morgan fingerprint density at radius 2 is 2.06 bits per heavy atom. The van der Waals surface area contributed by atoms with Gasteiger partial charge in [0.25, 0.3) is 0 Å². The Labute approximate surface area is 96.7 Å². The van der Waals surface area contributed by atoms with Gasteiger partial charge in [-0.1, -0.05) is 23.7 Å². The minimum absolute atomic E-state index is 0.342. The number of hydrogen-bond donors (Lipinski definition) is 0. The molecule has 0 atom stereocenters. The highest BCUT2D eigenvalue weighted by atomic mass is 35.5. The Hall–Kier alpha value is -1.74. The highest BCUT2D eigenvalue weighted by Crippen LogP contribution is 2.29. The lowest BCUT2D eigenvalue weighted by molar-refractivity contribution is 0.112. The monoisotopic (exact) mass is 235 g/mol. The summed E-state index contributed by atoms with van der Waals surface area (Å²) in [6.45, 7) is 0. The fourth-order valence-corrected chi connectivity index (χ4v) is 1.71. The van der Waals surface area contributed by atoms with Gasteiger partial charge in [-0.2, -0.15) is 0 Å². The molecule has 0 N–H and O–H groups in total. The molecule has 0 saturated heterocycles. The molecule has 16 heavy (non-hydrogen) atoms. The van der Waals surface area contributed by atoms with E-state index >= 15 is 0 Å². The molecule has 0 aliphatic rings. The van der Waals surface area contributed by atoms with Crippen LogP contribution in [0, 0.1) is 5.82 Å². The van der Waals surface area contributed by atoms with E-state index in [2.05, 4.69) is 4.98 Å². The molecule has 4 heteroatoms. The molecule has 2 aromatic rings. The Balaban J connectivity index is 2.57. The van der Waals surface area contributed by atoms with Gasteiger partial charge in [0, 0.05) is 27.9 Å². The first kappa shape index (κ1) is 10.8. The van der Waals surface area contributed by atoms with Gasteiger partial charge in [0.05, 0.1) is 6.20 Å². The van der Waals surface area contributed by atoms with Crippen LogP contribution in [0.2, 0.25) is 5.02 Å². The van der Waals surface area contributed by atoms with Crippen molar-refractivity contribution in [3.63, 3.8) is 0 Å². The number of aldehydes is 1. The summed E-state index contributed by atoms with van der Waals surface area (Å²) in [5, 5.41) is 0.342. The van der Waals surface area contributed by atoms with Crippen molar-refractivity contribution < 1.29 is 9.18 Å². The van der Waals surface area contributed by atoms with Crippen molar-refractivity contribution in [2.75, 3.05) is 0 Å². The molecular formula is C12H7ClFNO. The van der Waals surface area contributed by atoms with Crippen LogP contribution in [0.3, 0.4) is 0 Å². The van der Waals surface area contributed by atoms with Crippen LogP contribution in [0.4, 0.5) is 4.39 Å². The summed E-state index contributed by atoms with van der Waals surface area (Å²) in [4.78, 5) is 14.2. The summed E-state index contributed by atoms with van der Waals surface area (Å²) >= 11 is 5.97. The van der Waals surface area contributed by atoms with E-state index in [-0.39, 0.29) is 0 Å². The number of hydrogen-bond acceptors (Lipinski definition) is 2. The lowest BCUT2D eigenvalue weighted by Crippen LogP contribution is -1.88. The summed E-state index contributed by atoms with van der Waals surface area (Å²) < 4.78 is 13.4. The smallest absolute Gasteiger partial charge is 0.150 e. The minimum atomic E-state index is -0.441. The second-order valence-corrected chi connectivity index (χ2v) is 3.62. The number of carbonyl (C=O) groups excluding carboxylic acids is 1. The molecule has 0 saturated carbocycles. The number of nitrogens with zero attached hydrogens (tertiary/aromatic N) is 1. The average Bonchev–Trinajstić information content (AvgIpc) is 2.30. The molecule has 0 aliphatic heterocycles. The van der Waals surface area contributed by atoms with Gasteiger partial charge < -0.3 is 0 Å². The van der Waals surface area contributed by atoms with E-state index < -0.39 is 5.82 Å². The second kappa shape index (κ2) is 4.41. The Morgan fingerprint density at radius 1 is 1.25 bits per heavy atom. The van der Waals surface area contributed by atoms with Crippen molar-refractivity contribution in [2.24, 2.45) is 0 Å². The molecule has 1 heterocycles. The maximum atomic E-state index is 13.4. The van der Waals surface area contributed by atoms with Gasteiger partial charge >= 0.3 is 0 Å². The third-order valence-corrected chi connectivity index (χ3v) is 2.50. The number of carbonyl (C=O) groups is 1. The second-order valence-electron chi connectivity index (χ2n) is 3.21. The van der Waals surface area contributed by atoms with Gasteiger partial charge in [-0.05, 0) is 12.1 Å². The van der Waals surface area contributed by atoms with Gasteiger partial charge in [-0.3, -0.25) is 9.78 Å². The molecular weight excluding hydrogens is 229 g/mol. The fraction of sp³-hybridized carbons (Fsp3) is 0. The van der Waals surface area contributed by atoms with E-state index in [1.54, 1.807) is 12.1 Å². The van der Waals surface area contributed by atoms with Crippen LogP contribution in [-0.4, -0.2) is 11.3 Å². The van der Waals surface area contributed by atoms with Crippen LogP contribution in [-0.2, 0) is 0 Å². The standard InChI is InChI=1S/C12H7ClFNO/c13-11-5-8(7-16)1-2-9(11)10-3-4-15-6-12(10)14/h1-7H. The normalized spacial score (nSPS) is 10.1. The largest absolute Gasteiger partial charge is 0.298 e. The Kier molecular flexibility index (Phi) is 2.97. The zero-order valence-electron chi connectivity index (χ0n) is 8.15. The lowest BCUT2D eigenvalue weighted by atomic mass is 10.0. The summed E-state index contributed by atoms with van der Waals surface area (Å²) in [5.41, 5.74) is 1.38. The number of halogens is 2. The van der Waals surface area contributed by atoms with E-state index in [0.29, 0.717) is 28.0 Å². The predicted molar refractivity (Wildman–Crippen MR) is 60.0 cm³/mol. The maximum absolute atomic E-state index is 13.4. The van der Waals surface area contributed by atoms with Gasteiger partial charge in [0.1, 0.15) is 12.1 Å². The summed E-state index contributed by atoms with van der Waals surface area (Å²) in [6.07, 6.45) is 3.31. The maximum Gasteiger partial charge on any atom is 0.150 e. The third kappa shape index (κ3) is 1.95. The molecule has 0 bridgehead atoms. The van der Waals surface area contributed by atoms with E-state index in [0.717, 1.165) is 6.20 Å². The Morgan fingerprint density at radius 3 is 2.69 bits per heavy atom. The van der Waals surface area contributed by atoms with E-state index in [1.165, 1.54) is 18.3 Å². The quantitative estimate of drug-likeness (QED) is 0.747. The first-order chi connectivity index (χ1) is 7.72. The zero-order chi connectivity index (χ0) is 11.5. The molecule has 0 amide bonds. The lowest BCUT2D eigenvalue weighted by Gasteiger charge is -2.05. The number of benzene rings is 1. The minimum Gasteiger partial charge on any atom is -0.298 e. The first-order valence-electron chi connectivity index (χ1n) is 4.57. The molecule has 0 unspecified atom stereocenters. The molecule has 0 spiro atoms. The van der Waals surface area contributed by atoms with E-state index in [1.807, 2.05) is 0 Å². The van der Waals surface area contributed by atoms with Crippen LogP contribution in [0.5, 0.6) is 0 Å². The van der Waals surface area contributed by atoms with E-state index in [9.17, 15) is 9.18 Å². The molecule has 0 fully saturated rings.